The largest absolute Gasteiger partial charge is 0.493 e. The molecule has 0 aliphatic rings. The number of amides is 1. The monoisotopic (exact) mass is 444 g/mol. The summed E-state index contributed by atoms with van der Waals surface area (Å²) in [4.78, 5) is 17.1. The van der Waals surface area contributed by atoms with Crippen molar-refractivity contribution in [3.8, 4) is 11.5 Å². The number of hydrogen-bond donors (Lipinski definition) is 1. The van der Waals surface area contributed by atoms with Crippen molar-refractivity contribution in [1.82, 2.24) is 10.3 Å². The van der Waals surface area contributed by atoms with Gasteiger partial charge in [0.1, 0.15) is 0 Å². The summed E-state index contributed by atoms with van der Waals surface area (Å²) in [6.45, 7) is -1.40. The summed E-state index contributed by atoms with van der Waals surface area (Å²) in [6, 6.07) is 19.3. The van der Waals surface area contributed by atoms with Crippen molar-refractivity contribution in [2.75, 3.05) is 13.7 Å². The maximum Gasteiger partial charge on any atom is 0.422 e. The van der Waals surface area contributed by atoms with Crippen LogP contribution in [0.5, 0.6) is 11.5 Å². The molecule has 2 aromatic carbocycles. The van der Waals surface area contributed by atoms with Gasteiger partial charge in [0.15, 0.2) is 18.1 Å². The van der Waals surface area contributed by atoms with Gasteiger partial charge in [-0.25, -0.2) is 0 Å². The van der Waals surface area contributed by atoms with Crippen LogP contribution in [-0.2, 0) is 11.2 Å². The van der Waals surface area contributed by atoms with Crippen LogP contribution < -0.4 is 14.8 Å². The summed E-state index contributed by atoms with van der Waals surface area (Å²) in [5.74, 6) is 0.000923. The average Bonchev–Trinajstić information content (AvgIpc) is 2.80. The van der Waals surface area contributed by atoms with Gasteiger partial charge in [0.2, 0.25) is 5.91 Å². The number of alkyl halides is 3. The van der Waals surface area contributed by atoms with Gasteiger partial charge >= 0.3 is 6.18 Å². The number of aryl methyl sites for hydroxylation is 1. The third-order valence-electron chi connectivity index (χ3n) is 4.68. The van der Waals surface area contributed by atoms with Gasteiger partial charge < -0.3 is 14.8 Å². The molecule has 1 N–H and O–H groups in total. The van der Waals surface area contributed by atoms with Gasteiger partial charge in [-0.3, -0.25) is 9.78 Å². The van der Waals surface area contributed by atoms with Crippen molar-refractivity contribution in [2.45, 2.75) is 25.1 Å². The fourth-order valence-electron chi connectivity index (χ4n) is 3.16. The van der Waals surface area contributed by atoms with E-state index in [0.717, 1.165) is 16.8 Å². The van der Waals surface area contributed by atoms with Crippen LogP contribution in [0.25, 0.3) is 0 Å². The maximum atomic E-state index is 12.7. The summed E-state index contributed by atoms with van der Waals surface area (Å²) in [7, 11) is 1.35. The highest BCUT2D eigenvalue weighted by Gasteiger charge is 2.29. The standard InChI is InChI=1S/C24H23F3N2O3/c1-31-21-15-17(10-12-20(21)32-16-24(25,26)27)11-13-22(30)29-23(18-7-3-2-4-8-18)19-9-5-6-14-28-19/h2-10,12,14-15,23H,11,13,16H2,1H3,(H,29,30). The number of nitrogens with one attached hydrogen (secondary N) is 1. The van der Waals surface area contributed by atoms with Crippen LogP contribution in [0.2, 0.25) is 0 Å². The molecule has 0 spiro atoms. The van der Waals surface area contributed by atoms with E-state index < -0.39 is 18.8 Å². The van der Waals surface area contributed by atoms with E-state index in [9.17, 15) is 18.0 Å². The number of carbonyl (C=O) groups excluding carboxylic acids is 1. The maximum absolute atomic E-state index is 12.7. The molecule has 0 saturated carbocycles. The number of methoxy groups -OCH3 is 1. The minimum atomic E-state index is -4.44. The second-order valence-corrected chi connectivity index (χ2v) is 7.05. The van der Waals surface area contributed by atoms with Crippen molar-refractivity contribution >= 4 is 5.91 Å². The predicted octanol–water partition coefficient (Wildman–Crippen LogP) is 4.87. The topological polar surface area (TPSA) is 60.5 Å². The molecule has 3 rings (SSSR count). The van der Waals surface area contributed by atoms with Crippen LogP contribution in [-0.4, -0.2) is 30.8 Å². The molecule has 0 radical (unpaired) electrons. The van der Waals surface area contributed by atoms with E-state index in [2.05, 4.69) is 10.3 Å². The third kappa shape index (κ3) is 6.73. The lowest BCUT2D eigenvalue weighted by atomic mass is 10.0. The fourth-order valence-corrected chi connectivity index (χ4v) is 3.16. The van der Waals surface area contributed by atoms with Crippen molar-refractivity contribution in [3.05, 3.63) is 89.7 Å². The number of ether oxygens (including phenoxy) is 2. The number of aromatic nitrogens is 1. The molecule has 0 aliphatic heterocycles. The first-order valence-corrected chi connectivity index (χ1v) is 9.97. The zero-order valence-corrected chi connectivity index (χ0v) is 17.4. The van der Waals surface area contributed by atoms with Gasteiger partial charge in [-0.1, -0.05) is 42.5 Å². The molecule has 3 aromatic rings. The fraction of sp³-hybridized carbons (Fsp3) is 0.250. The Bertz CT molecular complexity index is 973. The summed E-state index contributed by atoms with van der Waals surface area (Å²) >= 11 is 0. The zero-order valence-electron chi connectivity index (χ0n) is 17.4. The van der Waals surface area contributed by atoms with E-state index in [1.807, 2.05) is 48.5 Å². The number of hydrogen-bond acceptors (Lipinski definition) is 4. The van der Waals surface area contributed by atoms with E-state index in [1.165, 1.54) is 13.2 Å². The number of pyridine rings is 1. The number of nitrogens with zero attached hydrogens (tertiary/aromatic N) is 1. The number of carbonyl (C=O) groups is 1. The molecule has 1 aromatic heterocycles. The Balaban J connectivity index is 1.65. The summed E-state index contributed by atoms with van der Waals surface area (Å²) in [5.41, 5.74) is 2.37. The number of rotatable bonds is 9. The highest BCUT2D eigenvalue weighted by Crippen LogP contribution is 2.30. The van der Waals surface area contributed by atoms with Crippen LogP contribution >= 0.6 is 0 Å². The van der Waals surface area contributed by atoms with E-state index in [4.69, 9.17) is 9.47 Å². The molecule has 8 heteroatoms. The number of benzene rings is 2. The Hall–Kier alpha value is -3.55. The number of halogens is 3. The molecule has 5 nitrogen and oxygen atoms in total. The second-order valence-electron chi connectivity index (χ2n) is 7.05. The zero-order chi connectivity index (χ0) is 23.0. The average molecular weight is 444 g/mol. The summed E-state index contributed by atoms with van der Waals surface area (Å²) < 4.78 is 47.1. The molecule has 1 heterocycles. The molecule has 168 valence electrons. The molecule has 1 atom stereocenters. The normalized spacial score (nSPS) is 12.1. The van der Waals surface area contributed by atoms with Gasteiger partial charge in [-0.2, -0.15) is 13.2 Å². The highest BCUT2D eigenvalue weighted by molar-refractivity contribution is 5.77. The minimum Gasteiger partial charge on any atom is -0.493 e. The van der Waals surface area contributed by atoms with Gasteiger partial charge in [0.05, 0.1) is 18.8 Å². The Morgan fingerprint density at radius 2 is 1.78 bits per heavy atom. The molecule has 1 unspecified atom stereocenters. The molecule has 0 saturated heterocycles. The molecule has 0 fully saturated rings. The van der Waals surface area contributed by atoms with Gasteiger partial charge in [-0.15, -0.1) is 0 Å². The van der Waals surface area contributed by atoms with Crippen molar-refractivity contribution in [2.24, 2.45) is 0 Å². The van der Waals surface area contributed by atoms with Crippen molar-refractivity contribution in [3.63, 3.8) is 0 Å². The van der Waals surface area contributed by atoms with Crippen molar-refractivity contribution < 1.29 is 27.4 Å². The Morgan fingerprint density at radius 3 is 2.44 bits per heavy atom. The SMILES string of the molecule is COc1cc(CCC(=O)NC(c2ccccc2)c2ccccn2)ccc1OCC(F)(F)F. The molecular weight excluding hydrogens is 421 g/mol. The first-order chi connectivity index (χ1) is 15.4. The third-order valence-corrected chi connectivity index (χ3v) is 4.68. The quantitative estimate of drug-likeness (QED) is 0.512. The van der Waals surface area contributed by atoms with Crippen LogP contribution in [0.4, 0.5) is 13.2 Å². The summed E-state index contributed by atoms with van der Waals surface area (Å²) in [5, 5.41) is 3.01. The molecule has 1 amide bonds. The van der Waals surface area contributed by atoms with E-state index in [-0.39, 0.29) is 23.8 Å². The van der Waals surface area contributed by atoms with E-state index in [0.29, 0.717) is 6.42 Å². The van der Waals surface area contributed by atoms with Gasteiger partial charge in [0.25, 0.3) is 0 Å². The van der Waals surface area contributed by atoms with Gasteiger partial charge in [-0.05, 0) is 41.8 Å². The second kappa shape index (κ2) is 10.7. The van der Waals surface area contributed by atoms with Crippen LogP contribution in [0, 0.1) is 0 Å². The Morgan fingerprint density at radius 1 is 1.03 bits per heavy atom. The Labute approximate surface area is 184 Å². The molecular formula is C24H23F3N2O3. The predicted molar refractivity (Wildman–Crippen MR) is 114 cm³/mol. The van der Waals surface area contributed by atoms with Crippen LogP contribution in [0.15, 0.2) is 72.9 Å². The first-order valence-electron chi connectivity index (χ1n) is 9.97. The molecule has 0 bridgehead atoms. The van der Waals surface area contributed by atoms with Crippen LogP contribution in [0.3, 0.4) is 0 Å². The lowest BCUT2D eigenvalue weighted by Crippen LogP contribution is -2.30. The van der Waals surface area contributed by atoms with Gasteiger partial charge in [0, 0.05) is 12.6 Å². The van der Waals surface area contributed by atoms with Crippen LogP contribution in [0.1, 0.15) is 29.3 Å². The minimum absolute atomic E-state index is 0.00248. The lowest BCUT2D eigenvalue weighted by molar-refractivity contribution is -0.153. The lowest BCUT2D eigenvalue weighted by Gasteiger charge is -2.19. The molecule has 0 aliphatic carbocycles. The van der Waals surface area contributed by atoms with E-state index >= 15 is 0 Å². The smallest absolute Gasteiger partial charge is 0.422 e. The Kier molecular flexibility index (Phi) is 7.70. The van der Waals surface area contributed by atoms with E-state index in [1.54, 1.807) is 18.3 Å². The molecule has 32 heavy (non-hydrogen) atoms. The summed E-state index contributed by atoms with van der Waals surface area (Å²) in [6.07, 6.45) is -2.20. The first kappa shape index (κ1) is 23.1. The van der Waals surface area contributed by atoms with Crippen molar-refractivity contribution in [1.29, 1.82) is 0 Å². The highest BCUT2D eigenvalue weighted by atomic mass is 19.4.